The highest BCUT2D eigenvalue weighted by Crippen LogP contribution is 2.12. The summed E-state index contributed by atoms with van der Waals surface area (Å²) in [7, 11) is 1.28. The van der Waals surface area contributed by atoms with E-state index in [1.54, 1.807) is 23.0 Å². The maximum Gasteiger partial charge on any atom is 0.337 e. The molecule has 1 amide bonds. The summed E-state index contributed by atoms with van der Waals surface area (Å²) in [5.74, 6) is -0.631. The van der Waals surface area contributed by atoms with Crippen molar-refractivity contribution >= 4 is 28.7 Å². The number of aromatic nitrogens is 4. The van der Waals surface area contributed by atoms with Gasteiger partial charge in [0, 0.05) is 18.8 Å². The van der Waals surface area contributed by atoms with Gasteiger partial charge < -0.3 is 14.6 Å². The van der Waals surface area contributed by atoms with Gasteiger partial charge >= 0.3 is 11.7 Å². The Morgan fingerprint density at radius 1 is 1.00 bits per heavy atom. The summed E-state index contributed by atoms with van der Waals surface area (Å²) < 4.78 is 8.79. The van der Waals surface area contributed by atoms with Crippen LogP contribution in [0.5, 0.6) is 0 Å². The Hall–Kier alpha value is -3.69. The zero-order valence-electron chi connectivity index (χ0n) is 19.5. The number of esters is 1. The number of ether oxygens (including phenoxy) is 1. The van der Waals surface area contributed by atoms with Crippen LogP contribution in [0.1, 0.15) is 38.1 Å². The highest BCUT2D eigenvalue weighted by Gasteiger charge is 2.20. The van der Waals surface area contributed by atoms with Gasteiger partial charge in [0.15, 0.2) is 11.2 Å². The molecule has 2 aromatic heterocycles. The van der Waals surface area contributed by atoms with Crippen LogP contribution in [0.15, 0.2) is 40.2 Å². The third-order valence-electron chi connectivity index (χ3n) is 4.98. The molecule has 0 spiro atoms. The van der Waals surface area contributed by atoms with Crippen molar-refractivity contribution in [2.75, 3.05) is 12.4 Å². The maximum atomic E-state index is 13.2. The first-order valence-corrected chi connectivity index (χ1v) is 10.8. The molecule has 33 heavy (non-hydrogen) atoms. The normalized spacial score (nSPS) is 11.4. The number of hydrogen-bond acceptors (Lipinski definition) is 6. The number of rotatable bonds is 8. The van der Waals surface area contributed by atoms with Crippen molar-refractivity contribution in [3.8, 4) is 0 Å². The van der Waals surface area contributed by atoms with Crippen molar-refractivity contribution in [3.63, 3.8) is 0 Å². The molecule has 0 atom stereocenters. The predicted molar refractivity (Wildman–Crippen MR) is 124 cm³/mol. The Morgan fingerprint density at radius 3 is 2.21 bits per heavy atom. The van der Waals surface area contributed by atoms with E-state index in [9.17, 15) is 19.2 Å². The van der Waals surface area contributed by atoms with E-state index in [1.807, 2.05) is 27.7 Å². The Bertz CT molecular complexity index is 1280. The lowest BCUT2D eigenvalue weighted by Crippen LogP contribution is -2.43. The largest absolute Gasteiger partial charge is 0.465 e. The fraction of sp³-hybridized carbons (Fsp3) is 0.435. The average Bonchev–Trinajstić information content (AvgIpc) is 3.17. The van der Waals surface area contributed by atoms with Gasteiger partial charge in [0.25, 0.3) is 5.56 Å². The first-order chi connectivity index (χ1) is 15.6. The lowest BCUT2D eigenvalue weighted by molar-refractivity contribution is -0.116. The monoisotopic (exact) mass is 455 g/mol. The molecule has 3 aromatic rings. The minimum Gasteiger partial charge on any atom is -0.465 e. The summed E-state index contributed by atoms with van der Waals surface area (Å²) in [5, 5.41) is 2.66. The average molecular weight is 456 g/mol. The molecule has 1 N–H and O–H groups in total. The van der Waals surface area contributed by atoms with Crippen molar-refractivity contribution in [2.24, 2.45) is 11.8 Å². The highest BCUT2D eigenvalue weighted by molar-refractivity contribution is 5.93. The molecule has 0 fully saturated rings. The molecule has 1 aromatic carbocycles. The second kappa shape index (κ2) is 9.85. The molecule has 0 bridgehead atoms. The van der Waals surface area contributed by atoms with E-state index in [0.717, 1.165) is 4.57 Å². The van der Waals surface area contributed by atoms with Crippen LogP contribution in [0.3, 0.4) is 0 Å². The minimum absolute atomic E-state index is 0.134. The molecule has 2 heterocycles. The summed E-state index contributed by atoms with van der Waals surface area (Å²) in [6, 6.07) is 6.12. The number of carbonyl (C=O) groups is 2. The van der Waals surface area contributed by atoms with E-state index in [4.69, 9.17) is 0 Å². The van der Waals surface area contributed by atoms with Crippen molar-refractivity contribution in [1.29, 1.82) is 0 Å². The van der Waals surface area contributed by atoms with E-state index in [0.29, 0.717) is 35.5 Å². The number of hydrogen-bond donors (Lipinski definition) is 1. The number of carbonyl (C=O) groups excluding carboxylic acids is 2. The summed E-state index contributed by atoms with van der Waals surface area (Å²) >= 11 is 0. The maximum absolute atomic E-state index is 13.2. The van der Waals surface area contributed by atoms with Gasteiger partial charge in [-0.05, 0) is 36.1 Å². The Kier molecular flexibility index (Phi) is 7.15. The molecule has 0 aliphatic rings. The van der Waals surface area contributed by atoms with E-state index in [-0.39, 0.29) is 11.8 Å². The number of nitrogens with one attached hydrogen (secondary N) is 1. The lowest BCUT2D eigenvalue weighted by Gasteiger charge is -2.14. The lowest BCUT2D eigenvalue weighted by atomic mass is 10.2. The smallest absolute Gasteiger partial charge is 0.337 e. The first kappa shape index (κ1) is 24.0. The van der Waals surface area contributed by atoms with Crippen LogP contribution in [0.4, 0.5) is 5.69 Å². The highest BCUT2D eigenvalue weighted by atomic mass is 16.5. The Labute approximate surface area is 190 Å². The molecule has 0 aliphatic carbocycles. The molecule has 10 heteroatoms. The van der Waals surface area contributed by atoms with Crippen LogP contribution >= 0.6 is 0 Å². The third-order valence-corrected chi connectivity index (χ3v) is 4.98. The molecule has 0 aliphatic heterocycles. The quantitative estimate of drug-likeness (QED) is 0.520. The zero-order valence-corrected chi connectivity index (χ0v) is 19.5. The van der Waals surface area contributed by atoms with Crippen molar-refractivity contribution in [3.05, 3.63) is 57.0 Å². The number of fused-ring (bicyclic) bond motifs is 1. The van der Waals surface area contributed by atoms with Crippen LogP contribution in [0.2, 0.25) is 0 Å². The predicted octanol–water partition coefficient (Wildman–Crippen LogP) is 2.10. The Balaban J connectivity index is 1.97. The molecule has 10 nitrogen and oxygen atoms in total. The SMILES string of the molecule is COC(=O)c1ccc(NC(=O)Cn2c(=O)c3c(ncn3CC(C)C)n(CC(C)C)c2=O)cc1. The molecular formula is C23H29N5O5. The number of anilines is 1. The fourth-order valence-electron chi connectivity index (χ4n) is 3.59. The van der Waals surface area contributed by atoms with Gasteiger partial charge in [-0.15, -0.1) is 0 Å². The topological polar surface area (TPSA) is 117 Å². The fourth-order valence-corrected chi connectivity index (χ4v) is 3.59. The van der Waals surface area contributed by atoms with Gasteiger partial charge in [-0.25, -0.2) is 19.1 Å². The second-order valence-electron chi connectivity index (χ2n) is 8.76. The minimum atomic E-state index is -0.577. The number of nitrogens with zero attached hydrogens (tertiary/aromatic N) is 4. The van der Waals surface area contributed by atoms with Gasteiger partial charge in [-0.1, -0.05) is 27.7 Å². The van der Waals surface area contributed by atoms with E-state index in [1.165, 1.54) is 23.8 Å². The number of amides is 1. The molecule has 3 rings (SSSR count). The zero-order chi connectivity index (χ0) is 24.3. The first-order valence-electron chi connectivity index (χ1n) is 10.8. The second-order valence-corrected chi connectivity index (χ2v) is 8.76. The van der Waals surface area contributed by atoms with Gasteiger partial charge in [0.05, 0.1) is 19.0 Å². The van der Waals surface area contributed by atoms with Crippen LogP contribution in [0, 0.1) is 11.8 Å². The number of benzene rings is 1. The summed E-state index contributed by atoms with van der Waals surface area (Å²) in [6.07, 6.45) is 1.57. The Morgan fingerprint density at radius 2 is 1.64 bits per heavy atom. The van der Waals surface area contributed by atoms with Crippen LogP contribution < -0.4 is 16.6 Å². The van der Waals surface area contributed by atoms with Crippen molar-refractivity contribution in [1.82, 2.24) is 18.7 Å². The van der Waals surface area contributed by atoms with Crippen molar-refractivity contribution in [2.45, 2.75) is 47.3 Å². The van der Waals surface area contributed by atoms with E-state index >= 15 is 0 Å². The van der Waals surface area contributed by atoms with Crippen molar-refractivity contribution < 1.29 is 14.3 Å². The molecule has 0 radical (unpaired) electrons. The van der Waals surface area contributed by atoms with Gasteiger partial charge in [-0.3, -0.25) is 14.2 Å². The molecular weight excluding hydrogens is 426 g/mol. The number of methoxy groups -OCH3 is 1. The standard InChI is InChI=1S/C23H29N5O5/c1-14(2)10-26-13-24-20-19(26)21(30)28(23(32)27(20)11-15(3)4)12-18(29)25-17-8-6-16(7-9-17)22(31)33-5/h6-9,13-15H,10-12H2,1-5H3,(H,25,29). The van der Waals surface area contributed by atoms with Crippen LogP contribution in [-0.4, -0.2) is 37.7 Å². The summed E-state index contributed by atoms with van der Waals surface area (Å²) in [6.45, 7) is 8.44. The molecule has 0 saturated heterocycles. The summed E-state index contributed by atoms with van der Waals surface area (Å²) in [5.41, 5.74) is 0.270. The van der Waals surface area contributed by atoms with Crippen LogP contribution in [-0.2, 0) is 29.2 Å². The molecule has 176 valence electrons. The van der Waals surface area contributed by atoms with E-state index in [2.05, 4.69) is 15.0 Å². The molecule has 0 saturated carbocycles. The molecule has 0 unspecified atom stereocenters. The van der Waals surface area contributed by atoms with Gasteiger partial charge in [0.1, 0.15) is 6.54 Å². The third kappa shape index (κ3) is 5.21. The van der Waals surface area contributed by atoms with Crippen LogP contribution in [0.25, 0.3) is 11.2 Å². The van der Waals surface area contributed by atoms with Gasteiger partial charge in [0.2, 0.25) is 5.91 Å². The van der Waals surface area contributed by atoms with Gasteiger partial charge in [-0.2, -0.15) is 0 Å². The van der Waals surface area contributed by atoms with E-state index < -0.39 is 29.7 Å². The summed E-state index contributed by atoms with van der Waals surface area (Å²) in [4.78, 5) is 55.0. The number of imidazole rings is 1.